The van der Waals surface area contributed by atoms with Crippen molar-refractivity contribution >= 4 is 5.82 Å². The first-order chi connectivity index (χ1) is 11.4. The number of pyridine rings is 1. The lowest BCUT2D eigenvalue weighted by Gasteiger charge is -2.33. The molecule has 0 bridgehead atoms. The third-order valence-electron chi connectivity index (χ3n) is 4.23. The van der Waals surface area contributed by atoms with Crippen molar-refractivity contribution in [2.45, 2.75) is 18.8 Å². The molecule has 116 valence electrons. The number of imidazole rings is 1. The van der Waals surface area contributed by atoms with Gasteiger partial charge in [0.25, 0.3) is 0 Å². The first-order valence-electron chi connectivity index (χ1n) is 7.88. The summed E-state index contributed by atoms with van der Waals surface area (Å²) in [5.74, 6) is 2.14. The van der Waals surface area contributed by atoms with Crippen molar-refractivity contribution < 1.29 is 0 Å². The highest BCUT2D eigenvalue weighted by Gasteiger charge is 2.26. The molecule has 0 spiro atoms. The number of anilines is 1. The monoisotopic (exact) mass is 306 g/mol. The van der Waals surface area contributed by atoms with Crippen LogP contribution in [0.4, 0.5) is 5.82 Å². The van der Waals surface area contributed by atoms with Crippen molar-refractivity contribution in [1.29, 1.82) is 0 Å². The number of nitrogens with zero attached hydrogens (tertiary/aromatic N) is 5. The largest absolute Gasteiger partial charge is 0.356 e. The average molecular weight is 306 g/mol. The first kappa shape index (κ1) is 13.9. The standard InChI is InChI=1S/C17H18N6/c1-2-6-18-14(5-1)23-11-3-4-13(12-23)15-16(20-8-7-19-15)17-21-9-10-22-17/h1-2,5-10,13H,3-4,11-12H2,(H,21,22). The fourth-order valence-electron chi connectivity index (χ4n) is 3.17. The van der Waals surface area contributed by atoms with E-state index in [2.05, 4.69) is 35.9 Å². The molecule has 1 unspecified atom stereocenters. The molecule has 1 N–H and O–H groups in total. The molecule has 0 saturated carbocycles. The molecule has 3 aromatic heterocycles. The van der Waals surface area contributed by atoms with Crippen LogP contribution in [-0.4, -0.2) is 38.0 Å². The fraction of sp³-hybridized carbons (Fsp3) is 0.294. The molecule has 0 aromatic carbocycles. The quantitative estimate of drug-likeness (QED) is 0.805. The Morgan fingerprint density at radius 1 is 1.00 bits per heavy atom. The molecule has 0 radical (unpaired) electrons. The van der Waals surface area contributed by atoms with Gasteiger partial charge in [0, 0.05) is 50.0 Å². The molecule has 6 nitrogen and oxygen atoms in total. The zero-order chi connectivity index (χ0) is 15.5. The minimum atomic E-state index is 0.333. The minimum Gasteiger partial charge on any atom is -0.356 e. The van der Waals surface area contributed by atoms with Crippen LogP contribution in [0, 0.1) is 0 Å². The summed E-state index contributed by atoms with van der Waals surface area (Å²) in [6.07, 6.45) is 11.1. The van der Waals surface area contributed by atoms with E-state index in [0.717, 1.165) is 49.0 Å². The fourth-order valence-corrected chi connectivity index (χ4v) is 3.17. The van der Waals surface area contributed by atoms with E-state index in [1.807, 2.05) is 24.5 Å². The molecular formula is C17H18N6. The van der Waals surface area contributed by atoms with E-state index >= 15 is 0 Å². The molecule has 1 saturated heterocycles. The molecule has 4 rings (SSSR count). The second-order valence-corrected chi connectivity index (χ2v) is 5.70. The van der Waals surface area contributed by atoms with Crippen LogP contribution in [0.15, 0.2) is 49.2 Å². The number of aromatic nitrogens is 5. The SMILES string of the molecule is c1ccc(N2CCCC(c3nccnc3-c3ncc[nH]3)C2)nc1. The van der Waals surface area contributed by atoms with Gasteiger partial charge in [-0.2, -0.15) is 0 Å². The summed E-state index contributed by atoms with van der Waals surface area (Å²) in [6.45, 7) is 1.94. The number of piperidine rings is 1. The van der Waals surface area contributed by atoms with Gasteiger partial charge in [-0.25, -0.2) is 15.0 Å². The van der Waals surface area contributed by atoms with Gasteiger partial charge in [0.1, 0.15) is 11.5 Å². The lowest BCUT2D eigenvalue weighted by atomic mass is 9.93. The maximum absolute atomic E-state index is 4.62. The number of H-pyrrole nitrogens is 1. The number of nitrogens with one attached hydrogen (secondary N) is 1. The Bertz CT molecular complexity index is 756. The average Bonchev–Trinajstić information content (AvgIpc) is 3.17. The number of aromatic amines is 1. The van der Waals surface area contributed by atoms with E-state index < -0.39 is 0 Å². The van der Waals surface area contributed by atoms with Crippen LogP contribution >= 0.6 is 0 Å². The lowest BCUT2D eigenvalue weighted by molar-refractivity contribution is 0.498. The van der Waals surface area contributed by atoms with E-state index in [-0.39, 0.29) is 0 Å². The summed E-state index contributed by atoms with van der Waals surface area (Å²) in [6, 6.07) is 6.04. The van der Waals surface area contributed by atoms with Crippen LogP contribution in [0.5, 0.6) is 0 Å². The Balaban J connectivity index is 1.64. The lowest BCUT2D eigenvalue weighted by Crippen LogP contribution is -2.35. The molecule has 1 aliphatic heterocycles. The van der Waals surface area contributed by atoms with E-state index in [1.165, 1.54) is 0 Å². The van der Waals surface area contributed by atoms with E-state index in [9.17, 15) is 0 Å². The molecule has 0 amide bonds. The van der Waals surface area contributed by atoms with Crippen LogP contribution in [0.2, 0.25) is 0 Å². The van der Waals surface area contributed by atoms with Crippen LogP contribution in [0.3, 0.4) is 0 Å². The number of rotatable bonds is 3. The molecular weight excluding hydrogens is 288 g/mol. The van der Waals surface area contributed by atoms with Crippen LogP contribution in [0.1, 0.15) is 24.5 Å². The zero-order valence-electron chi connectivity index (χ0n) is 12.8. The smallest absolute Gasteiger partial charge is 0.157 e. The van der Waals surface area contributed by atoms with Gasteiger partial charge in [0.2, 0.25) is 0 Å². The second-order valence-electron chi connectivity index (χ2n) is 5.70. The van der Waals surface area contributed by atoms with Crippen LogP contribution in [0.25, 0.3) is 11.5 Å². The Hall–Kier alpha value is -2.76. The van der Waals surface area contributed by atoms with E-state index in [1.54, 1.807) is 18.6 Å². The van der Waals surface area contributed by atoms with Crippen LogP contribution in [-0.2, 0) is 0 Å². The predicted octanol–water partition coefficient (Wildman–Crippen LogP) is 2.65. The van der Waals surface area contributed by atoms with Gasteiger partial charge in [-0.15, -0.1) is 0 Å². The Kier molecular flexibility index (Phi) is 3.71. The Morgan fingerprint density at radius 2 is 1.96 bits per heavy atom. The number of hydrogen-bond acceptors (Lipinski definition) is 5. The minimum absolute atomic E-state index is 0.333. The maximum Gasteiger partial charge on any atom is 0.157 e. The highest BCUT2D eigenvalue weighted by molar-refractivity contribution is 5.54. The highest BCUT2D eigenvalue weighted by atomic mass is 15.2. The van der Waals surface area contributed by atoms with Crippen LogP contribution < -0.4 is 4.90 Å². The highest BCUT2D eigenvalue weighted by Crippen LogP contribution is 2.31. The zero-order valence-corrected chi connectivity index (χ0v) is 12.8. The summed E-state index contributed by atoms with van der Waals surface area (Å²) < 4.78 is 0. The summed E-state index contributed by atoms with van der Waals surface area (Å²) in [5.41, 5.74) is 1.87. The summed E-state index contributed by atoms with van der Waals surface area (Å²) in [5, 5.41) is 0. The first-order valence-corrected chi connectivity index (χ1v) is 7.88. The third kappa shape index (κ3) is 2.79. The molecule has 0 aliphatic carbocycles. The van der Waals surface area contributed by atoms with Gasteiger partial charge in [0.05, 0.1) is 5.69 Å². The summed E-state index contributed by atoms with van der Waals surface area (Å²) in [7, 11) is 0. The molecule has 4 heterocycles. The van der Waals surface area contributed by atoms with Gasteiger partial charge < -0.3 is 9.88 Å². The number of hydrogen-bond donors (Lipinski definition) is 1. The summed E-state index contributed by atoms with van der Waals surface area (Å²) in [4.78, 5) is 23.4. The van der Waals surface area contributed by atoms with E-state index in [4.69, 9.17) is 0 Å². The normalized spacial score (nSPS) is 18.1. The van der Waals surface area contributed by atoms with Crippen molar-refractivity contribution in [3.8, 4) is 11.5 Å². The topological polar surface area (TPSA) is 70.6 Å². The molecule has 3 aromatic rings. The molecule has 1 atom stereocenters. The molecule has 1 aliphatic rings. The third-order valence-corrected chi connectivity index (χ3v) is 4.23. The Labute approximate surface area is 134 Å². The van der Waals surface area contributed by atoms with Crippen molar-refractivity contribution in [3.63, 3.8) is 0 Å². The van der Waals surface area contributed by atoms with Crippen molar-refractivity contribution in [1.82, 2.24) is 24.9 Å². The molecule has 6 heteroatoms. The molecule has 1 fully saturated rings. The van der Waals surface area contributed by atoms with Gasteiger partial charge in [-0.05, 0) is 25.0 Å². The van der Waals surface area contributed by atoms with Gasteiger partial charge in [0.15, 0.2) is 5.82 Å². The van der Waals surface area contributed by atoms with Crippen molar-refractivity contribution in [2.75, 3.05) is 18.0 Å². The second kappa shape index (κ2) is 6.16. The Morgan fingerprint density at radius 3 is 2.78 bits per heavy atom. The van der Waals surface area contributed by atoms with Crippen molar-refractivity contribution in [3.05, 3.63) is 54.9 Å². The van der Waals surface area contributed by atoms with Crippen molar-refractivity contribution in [2.24, 2.45) is 0 Å². The van der Waals surface area contributed by atoms with E-state index in [0.29, 0.717) is 5.92 Å². The summed E-state index contributed by atoms with van der Waals surface area (Å²) >= 11 is 0. The predicted molar refractivity (Wildman–Crippen MR) is 88.0 cm³/mol. The van der Waals surface area contributed by atoms with Gasteiger partial charge in [-0.3, -0.25) is 4.98 Å². The maximum atomic E-state index is 4.62. The van der Waals surface area contributed by atoms with Gasteiger partial charge in [-0.1, -0.05) is 6.07 Å². The molecule has 23 heavy (non-hydrogen) atoms. The van der Waals surface area contributed by atoms with Gasteiger partial charge >= 0.3 is 0 Å².